The lowest BCUT2D eigenvalue weighted by molar-refractivity contribution is -0.132. The van der Waals surface area contributed by atoms with Crippen molar-refractivity contribution in [2.24, 2.45) is 0 Å². The molecule has 1 saturated heterocycles. The summed E-state index contributed by atoms with van der Waals surface area (Å²) in [5, 5.41) is 0. The molecule has 0 aliphatic carbocycles. The zero-order chi connectivity index (χ0) is 16.9. The number of likely N-dealkylation sites (tertiary alicyclic amines) is 1. The highest BCUT2D eigenvalue weighted by Crippen LogP contribution is 2.32. The van der Waals surface area contributed by atoms with E-state index in [4.69, 9.17) is 9.15 Å². The fourth-order valence-electron chi connectivity index (χ4n) is 3.24. The van der Waals surface area contributed by atoms with Crippen LogP contribution in [0.25, 0.3) is 0 Å². The van der Waals surface area contributed by atoms with Gasteiger partial charge in [0.15, 0.2) is 0 Å². The maximum Gasteiger partial charge on any atom is 0.236 e. The molecule has 1 aliphatic rings. The van der Waals surface area contributed by atoms with Gasteiger partial charge in [-0.3, -0.25) is 9.69 Å². The predicted molar refractivity (Wildman–Crippen MR) is 91.7 cm³/mol. The van der Waals surface area contributed by atoms with Crippen LogP contribution in [0, 0.1) is 0 Å². The third kappa shape index (κ3) is 3.79. The molecule has 1 aliphatic heterocycles. The van der Waals surface area contributed by atoms with Crippen molar-refractivity contribution < 1.29 is 13.9 Å². The highest BCUT2D eigenvalue weighted by Gasteiger charge is 2.28. The Morgan fingerprint density at radius 2 is 2.12 bits per heavy atom. The van der Waals surface area contributed by atoms with Crippen LogP contribution in [0.4, 0.5) is 0 Å². The fourth-order valence-corrected chi connectivity index (χ4v) is 3.24. The fraction of sp³-hybridized carbons (Fsp3) is 0.421. The van der Waals surface area contributed by atoms with Gasteiger partial charge in [-0.2, -0.15) is 0 Å². The molecule has 128 valence electrons. The first-order chi connectivity index (χ1) is 11.7. The molecule has 1 amide bonds. The number of furan rings is 1. The molecule has 0 spiro atoms. The number of rotatable bonds is 6. The van der Waals surface area contributed by atoms with Crippen molar-refractivity contribution in [1.29, 1.82) is 0 Å². The standard InChI is InChI=1S/C19H24N2O3/c1-20(13-17-5-4-12-24-17)19(22)14-21-11-3-6-18(21)15-7-9-16(23-2)10-8-15/h4-5,7-10,12,18H,3,6,11,13-14H2,1-2H3/t18-/m0/s1. The number of hydrogen-bond donors (Lipinski definition) is 0. The lowest BCUT2D eigenvalue weighted by Gasteiger charge is -2.26. The molecule has 2 aromatic rings. The molecule has 24 heavy (non-hydrogen) atoms. The Kier molecular flexibility index (Phi) is 5.20. The van der Waals surface area contributed by atoms with Crippen molar-refractivity contribution in [3.05, 3.63) is 54.0 Å². The Morgan fingerprint density at radius 3 is 2.79 bits per heavy atom. The van der Waals surface area contributed by atoms with Crippen molar-refractivity contribution in [2.75, 3.05) is 27.2 Å². The van der Waals surface area contributed by atoms with Gasteiger partial charge in [0.2, 0.25) is 5.91 Å². The molecular weight excluding hydrogens is 304 g/mol. The van der Waals surface area contributed by atoms with E-state index < -0.39 is 0 Å². The molecule has 1 aromatic heterocycles. The summed E-state index contributed by atoms with van der Waals surface area (Å²) in [6.07, 6.45) is 3.83. The lowest BCUT2D eigenvalue weighted by atomic mass is 10.0. The van der Waals surface area contributed by atoms with Crippen LogP contribution in [-0.2, 0) is 11.3 Å². The summed E-state index contributed by atoms with van der Waals surface area (Å²) >= 11 is 0. The van der Waals surface area contributed by atoms with Gasteiger partial charge in [0.05, 0.1) is 26.5 Å². The molecule has 5 heteroatoms. The first kappa shape index (κ1) is 16.6. The van der Waals surface area contributed by atoms with Crippen molar-refractivity contribution >= 4 is 5.91 Å². The first-order valence-electron chi connectivity index (χ1n) is 8.31. The molecule has 3 rings (SSSR count). The Balaban J connectivity index is 1.61. The molecule has 1 aromatic carbocycles. The van der Waals surface area contributed by atoms with Crippen LogP contribution >= 0.6 is 0 Å². The lowest BCUT2D eigenvalue weighted by Crippen LogP contribution is -2.37. The van der Waals surface area contributed by atoms with E-state index in [-0.39, 0.29) is 5.91 Å². The van der Waals surface area contributed by atoms with Gasteiger partial charge in [-0.1, -0.05) is 12.1 Å². The van der Waals surface area contributed by atoms with E-state index in [1.807, 2.05) is 31.3 Å². The van der Waals surface area contributed by atoms with Crippen LogP contribution in [0.5, 0.6) is 5.75 Å². The maximum absolute atomic E-state index is 12.5. The largest absolute Gasteiger partial charge is 0.497 e. The van der Waals surface area contributed by atoms with E-state index >= 15 is 0 Å². The Bertz CT molecular complexity index is 652. The van der Waals surface area contributed by atoms with Gasteiger partial charge in [-0.25, -0.2) is 0 Å². The minimum absolute atomic E-state index is 0.117. The summed E-state index contributed by atoms with van der Waals surface area (Å²) in [5.41, 5.74) is 1.25. The van der Waals surface area contributed by atoms with Crippen molar-refractivity contribution in [3.8, 4) is 5.75 Å². The number of benzene rings is 1. The second-order valence-electron chi connectivity index (χ2n) is 6.23. The normalized spacial score (nSPS) is 17.8. The molecule has 1 atom stereocenters. The molecule has 0 saturated carbocycles. The summed E-state index contributed by atoms with van der Waals surface area (Å²) in [6.45, 7) is 1.90. The minimum Gasteiger partial charge on any atom is -0.497 e. The van der Waals surface area contributed by atoms with Crippen LogP contribution in [0.3, 0.4) is 0 Å². The van der Waals surface area contributed by atoms with E-state index in [1.165, 1.54) is 5.56 Å². The Morgan fingerprint density at radius 1 is 1.33 bits per heavy atom. The molecule has 5 nitrogen and oxygen atoms in total. The van der Waals surface area contributed by atoms with Gasteiger partial charge in [-0.05, 0) is 49.2 Å². The number of amides is 1. The van der Waals surface area contributed by atoms with Crippen LogP contribution < -0.4 is 4.74 Å². The van der Waals surface area contributed by atoms with Crippen LogP contribution in [0.2, 0.25) is 0 Å². The molecule has 0 bridgehead atoms. The van der Waals surface area contributed by atoms with E-state index in [0.29, 0.717) is 19.1 Å². The molecular formula is C19H24N2O3. The molecule has 2 heterocycles. The monoisotopic (exact) mass is 328 g/mol. The Labute approximate surface area is 142 Å². The van der Waals surface area contributed by atoms with E-state index in [9.17, 15) is 4.79 Å². The third-order valence-electron chi connectivity index (χ3n) is 4.60. The average Bonchev–Trinajstić information content (AvgIpc) is 3.27. The van der Waals surface area contributed by atoms with Gasteiger partial charge in [-0.15, -0.1) is 0 Å². The zero-order valence-electron chi connectivity index (χ0n) is 14.3. The van der Waals surface area contributed by atoms with Crippen molar-refractivity contribution in [1.82, 2.24) is 9.80 Å². The van der Waals surface area contributed by atoms with Crippen LogP contribution in [0.1, 0.15) is 30.2 Å². The van der Waals surface area contributed by atoms with Gasteiger partial charge in [0.25, 0.3) is 0 Å². The van der Waals surface area contributed by atoms with Gasteiger partial charge < -0.3 is 14.1 Å². The van der Waals surface area contributed by atoms with E-state index in [0.717, 1.165) is 30.9 Å². The molecule has 0 N–H and O–H groups in total. The topological polar surface area (TPSA) is 45.9 Å². The summed E-state index contributed by atoms with van der Waals surface area (Å²) in [4.78, 5) is 16.5. The zero-order valence-corrected chi connectivity index (χ0v) is 14.3. The smallest absolute Gasteiger partial charge is 0.236 e. The quantitative estimate of drug-likeness (QED) is 0.817. The van der Waals surface area contributed by atoms with Gasteiger partial charge in [0, 0.05) is 13.1 Å². The van der Waals surface area contributed by atoms with E-state index in [2.05, 4.69) is 17.0 Å². The average molecular weight is 328 g/mol. The number of nitrogens with zero attached hydrogens (tertiary/aromatic N) is 2. The summed E-state index contributed by atoms with van der Waals surface area (Å²) in [6, 6.07) is 12.2. The highest BCUT2D eigenvalue weighted by molar-refractivity contribution is 5.78. The number of methoxy groups -OCH3 is 1. The molecule has 0 radical (unpaired) electrons. The van der Waals surface area contributed by atoms with Gasteiger partial charge in [0.1, 0.15) is 11.5 Å². The summed E-state index contributed by atoms with van der Waals surface area (Å²) in [7, 11) is 3.49. The number of carbonyl (C=O) groups is 1. The third-order valence-corrected chi connectivity index (χ3v) is 4.60. The van der Waals surface area contributed by atoms with Crippen molar-refractivity contribution in [3.63, 3.8) is 0 Å². The summed E-state index contributed by atoms with van der Waals surface area (Å²) < 4.78 is 10.5. The minimum atomic E-state index is 0.117. The van der Waals surface area contributed by atoms with Crippen LogP contribution in [-0.4, -0.2) is 43.0 Å². The summed E-state index contributed by atoms with van der Waals surface area (Å²) in [5.74, 6) is 1.78. The number of ether oxygens (including phenoxy) is 1. The molecule has 0 unspecified atom stereocenters. The SMILES string of the molecule is COc1ccc([C@@H]2CCCN2CC(=O)N(C)Cc2ccco2)cc1. The number of hydrogen-bond acceptors (Lipinski definition) is 4. The predicted octanol–water partition coefficient (Wildman–Crippen LogP) is 3.08. The second-order valence-corrected chi connectivity index (χ2v) is 6.23. The number of carbonyl (C=O) groups excluding carboxylic acids is 1. The van der Waals surface area contributed by atoms with Gasteiger partial charge >= 0.3 is 0 Å². The Hall–Kier alpha value is -2.27. The first-order valence-corrected chi connectivity index (χ1v) is 8.31. The maximum atomic E-state index is 12.5. The second kappa shape index (κ2) is 7.53. The molecule has 1 fully saturated rings. The van der Waals surface area contributed by atoms with Crippen molar-refractivity contribution in [2.45, 2.75) is 25.4 Å². The highest BCUT2D eigenvalue weighted by atomic mass is 16.5. The van der Waals surface area contributed by atoms with E-state index in [1.54, 1.807) is 18.3 Å². The van der Waals surface area contributed by atoms with Crippen LogP contribution in [0.15, 0.2) is 47.1 Å². The number of likely N-dealkylation sites (N-methyl/N-ethyl adjacent to an activating group) is 1.